The highest BCUT2D eigenvalue weighted by Crippen LogP contribution is 2.24. The third kappa shape index (κ3) is 1.51. The maximum Gasteiger partial charge on any atom is 0.152 e. The van der Waals surface area contributed by atoms with E-state index in [-0.39, 0.29) is 6.04 Å². The highest BCUT2D eigenvalue weighted by molar-refractivity contribution is 5.72. The first-order chi connectivity index (χ1) is 6.68. The van der Waals surface area contributed by atoms with E-state index >= 15 is 0 Å². The van der Waals surface area contributed by atoms with Crippen LogP contribution in [0.5, 0.6) is 0 Å². The molecule has 14 heavy (non-hydrogen) atoms. The zero-order chi connectivity index (χ0) is 10.1. The maximum atomic E-state index is 5.98. The Labute approximate surface area is 82.9 Å². The number of hydrogen-bond acceptors (Lipinski definition) is 3. The maximum absolute atomic E-state index is 5.98. The molecule has 0 fully saturated rings. The molecule has 2 aromatic rings. The van der Waals surface area contributed by atoms with Crippen LogP contribution in [0.4, 0.5) is 0 Å². The van der Waals surface area contributed by atoms with Crippen molar-refractivity contribution in [2.45, 2.75) is 19.9 Å². The molecule has 0 bridgehead atoms. The topological polar surface area (TPSA) is 52.0 Å². The van der Waals surface area contributed by atoms with Crippen LogP contribution in [0.25, 0.3) is 11.1 Å². The van der Waals surface area contributed by atoms with E-state index in [1.54, 1.807) is 6.20 Å². The Hall–Kier alpha value is -1.35. The summed E-state index contributed by atoms with van der Waals surface area (Å²) in [6, 6.07) is 5.62. The second kappa shape index (κ2) is 3.42. The van der Waals surface area contributed by atoms with Crippen LogP contribution in [0.2, 0.25) is 0 Å². The van der Waals surface area contributed by atoms with E-state index in [2.05, 4.69) is 18.8 Å². The van der Waals surface area contributed by atoms with E-state index in [0.29, 0.717) is 5.92 Å². The average molecular weight is 190 g/mol. The molecule has 3 heteroatoms. The van der Waals surface area contributed by atoms with Gasteiger partial charge in [-0.15, -0.1) is 0 Å². The molecule has 0 radical (unpaired) electrons. The number of fused-ring (bicyclic) bond motifs is 1. The molecule has 2 rings (SSSR count). The van der Waals surface area contributed by atoms with Gasteiger partial charge in [-0.2, -0.15) is 0 Å². The Balaban J connectivity index is 2.45. The van der Waals surface area contributed by atoms with Gasteiger partial charge in [0.05, 0.1) is 6.04 Å². The number of pyridine rings is 1. The van der Waals surface area contributed by atoms with Crippen LogP contribution in [-0.2, 0) is 0 Å². The minimum atomic E-state index is -0.0517. The van der Waals surface area contributed by atoms with E-state index in [1.807, 2.05) is 18.2 Å². The standard InChI is InChI=1S/C11H14N2O/c1-7(2)11(12)10-6-8-9(14-10)4-3-5-13-8/h3-7,11H,12H2,1-2H3. The minimum absolute atomic E-state index is 0.0517. The first-order valence-corrected chi connectivity index (χ1v) is 4.78. The summed E-state index contributed by atoms with van der Waals surface area (Å²) in [7, 11) is 0. The van der Waals surface area contributed by atoms with Gasteiger partial charge < -0.3 is 10.2 Å². The number of furan rings is 1. The molecule has 0 aliphatic carbocycles. The van der Waals surface area contributed by atoms with Gasteiger partial charge in [0.15, 0.2) is 5.58 Å². The number of rotatable bonds is 2. The summed E-state index contributed by atoms with van der Waals surface area (Å²) < 4.78 is 5.60. The van der Waals surface area contributed by atoms with Crippen molar-refractivity contribution in [1.29, 1.82) is 0 Å². The summed E-state index contributed by atoms with van der Waals surface area (Å²) in [4.78, 5) is 4.19. The van der Waals surface area contributed by atoms with Crippen LogP contribution >= 0.6 is 0 Å². The van der Waals surface area contributed by atoms with E-state index in [9.17, 15) is 0 Å². The highest BCUT2D eigenvalue weighted by Gasteiger charge is 2.15. The molecule has 0 saturated heterocycles. The fourth-order valence-electron chi connectivity index (χ4n) is 1.38. The summed E-state index contributed by atoms with van der Waals surface area (Å²) >= 11 is 0. The molecular formula is C11H14N2O. The molecule has 0 aliphatic rings. The average Bonchev–Trinajstić information content (AvgIpc) is 2.59. The molecule has 0 amide bonds. The second-order valence-corrected chi connectivity index (χ2v) is 3.81. The van der Waals surface area contributed by atoms with Gasteiger partial charge in [-0.3, -0.25) is 4.98 Å². The predicted octanol–water partition coefficient (Wildman–Crippen LogP) is 2.48. The van der Waals surface area contributed by atoms with Crippen molar-refractivity contribution in [3.8, 4) is 0 Å². The zero-order valence-electron chi connectivity index (χ0n) is 8.40. The molecule has 0 aromatic carbocycles. The van der Waals surface area contributed by atoms with Crippen LogP contribution in [0.3, 0.4) is 0 Å². The number of nitrogens with two attached hydrogens (primary N) is 1. The van der Waals surface area contributed by atoms with Crippen LogP contribution in [0.15, 0.2) is 28.8 Å². The molecule has 2 N–H and O–H groups in total. The lowest BCUT2D eigenvalue weighted by Crippen LogP contribution is -2.15. The second-order valence-electron chi connectivity index (χ2n) is 3.81. The van der Waals surface area contributed by atoms with Crippen LogP contribution in [0, 0.1) is 5.92 Å². The Bertz CT molecular complexity index is 401. The summed E-state index contributed by atoms with van der Waals surface area (Å²) in [5.74, 6) is 1.18. The van der Waals surface area contributed by atoms with E-state index in [1.165, 1.54) is 0 Å². The molecule has 2 aromatic heterocycles. The van der Waals surface area contributed by atoms with E-state index in [0.717, 1.165) is 16.9 Å². The summed E-state index contributed by atoms with van der Waals surface area (Å²) in [6.07, 6.45) is 1.75. The Morgan fingerprint density at radius 3 is 2.86 bits per heavy atom. The number of aromatic nitrogens is 1. The Kier molecular flexibility index (Phi) is 2.25. The molecule has 3 nitrogen and oxygen atoms in total. The normalized spacial score (nSPS) is 13.7. The van der Waals surface area contributed by atoms with Crippen LogP contribution in [-0.4, -0.2) is 4.98 Å². The molecular weight excluding hydrogens is 176 g/mol. The van der Waals surface area contributed by atoms with Gasteiger partial charge in [0, 0.05) is 12.3 Å². The lowest BCUT2D eigenvalue weighted by molar-refractivity contribution is 0.418. The Morgan fingerprint density at radius 1 is 1.43 bits per heavy atom. The van der Waals surface area contributed by atoms with Crippen molar-refractivity contribution >= 4 is 11.1 Å². The largest absolute Gasteiger partial charge is 0.458 e. The zero-order valence-corrected chi connectivity index (χ0v) is 8.40. The molecule has 1 atom stereocenters. The van der Waals surface area contributed by atoms with Gasteiger partial charge in [0.2, 0.25) is 0 Å². The van der Waals surface area contributed by atoms with Crippen molar-refractivity contribution < 1.29 is 4.42 Å². The number of hydrogen-bond donors (Lipinski definition) is 1. The van der Waals surface area contributed by atoms with Gasteiger partial charge in [-0.1, -0.05) is 13.8 Å². The molecule has 74 valence electrons. The first kappa shape index (κ1) is 9.21. The van der Waals surface area contributed by atoms with Crippen molar-refractivity contribution in [3.63, 3.8) is 0 Å². The van der Waals surface area contributed by atoms with E-state index in [4.69, 9.17) is 10.2 Å². The third-order valence-electron chi connectivity index (χ3n) is 2.35. The molecule has 2 heterocycles. The van der Waals surface area contributed by atoms with Gasteiger partial charge in [-0.25, -0.2) is 0 Å². The lowest BCUT2D eigenvalue weighted by Gasteiger charge is -2.11. The van der Waals surface area contributed by atoms with Crippen LogP contribution in [0.1, 0.15) is 25.6 Å². The SMILES string of the molecule is CC(C)C(N)c1cc2ncccc2o1. The smallest absolute Gasteiger partial charge is 0.152 e. The fourth-order valence-corrected chi connectivity index (χ4v) is 1.38. The van der Waals surface area contributed by atoms with Crippen molar-refractivity contribution in [2.75, 3.05) is 0 Å². The molecule has 0 saturated carbocycles. The summed E-state index contributed by atoms with van der Waals surface area (Å²) in [5.41, 5.74) is 7.66. The van der Waals surface area contributed by atoms with Crippen molar-refractivity contribution in [3.05, 3.63) is 30.2 Å². The molecule has 1 unspecified atom stereocenters. The van der Waals surface area contributed by atoms with Crippen molar-refractivity contribution in [2.24, 2.45) is 11.7 Å². The van der Waals surface area contributed by atoms with Gasteiger partial charge in [0.25, 0.3) is 0 Å². The number of nitrogens with zero attached hydrogens (tertiary/aromatic N) is 1. The van der Waals surface area contributed by atoms with E-state index < -0.39 is 0 Å². The van der Waals surface area contributed by atoms with Gasteiger partial charge in [-0.05, 0) is 18.1 Å². The lowest BCUT2D eigenvalue weighted by atomic mass is 10.0. The first-order valence-electron chi connectivity index (χ1n) is 4.78. The minimum Gasteiger partial charge on any atom is -0.458 e. The van der Waals surface area contributed by atoms with Crippen molar-refractivity contribution in [1.82, 2.24) is 4.98 Å². The fraction of sp³-hybridized carbons (Fsp3) is 0.364. The third-order valence-corrected chi connectivity index (χ3v) is 2.35. The summed E-state index contributed by atoms with van der Waals surface area (Å²) in [5, 5.41) is 0. The van der Waals surface area contributed by atoms with Gasteiger partial charge in [0.1, 0.15) is 11.3 Å². The van der Waals surface area contributed by atoms with Crippen LogP contribution < -0.4 is 5.73 Å². The molecule has 0 spiro atoms. The quantitative estimate of drug-likeness (QED) is 0.791. The highest BCUT2D eigenvalue weighted by atomic mass is 16.3. The van der Waals surface area contributed by atoms with Gasteiger partial charge >= 0.3 is 0 Å². The predicted molar refractivity (Wildman–Crippen MR) is 55.8 cm³/mol. The summed E-state index contributed by atoms with van der Waals surface area (Å²) in [6.45, 7) is 4.15. The molecule has 0 aliphatic heterocycles. The Morgan fingerprint density at radius 2 is 2.21 bits per heavy atom. The monoisotopic (exact) mass is 190 g/mol.